The molecule has 0 saturated carbocycles. The number of nitrogens with one attached hydrogen (secondary N) is 1. The maximum atomic E-state index is 9.44. The largest absolute Gasteiger partial charge is 0.391 e. The van der Waals surface area contributed by atoms with Crippen LogP contribution in [0.2, 0.25) is 0 Å². The van der Waals surface area contributed by atoms with E-state index in [9.17, 15) is 5.11 Å². The van der Waals surface area contributed by atoms with Crippen molar-refractivity contribution < 1.29 is 5.11 Å². The molecule has 0 saturated heterocycles. The molecule has 0 radical (unpaired) electrons. The maximum Gasteiger partial charge on any atom is 0.0704 e. The lowest BCUT2D eigenvalue weighted by atomic mass is 10.00. The molecule has 2 atom stereocenters. The van der Waals surface area contributed by atoms with Crippen LogP contribution in [0.4, 0.5) is 0 Å². The van der Waals surface area contributed by atoms with Gasteiger partial charge in [-0.2, -0.15) is 0 Å². The summed E-state index contributed by atoms with van der Waals surface area (Å²) in [4.78, 5) is 3.12. The minimum absolute atomic E-state index is 0. The molecule has 15 heavy (non-hydrogen) atoms. The summed E-state index contributed by atoms with van der Waals surface area (Å²) in [7, 11) is 0. The lowest BCUT2D eigenvalue weighted by Gasteiger charge is -2.15. The highest BCUT2D eigenvalue weighted by atomic mass is 35.5. The molecular weight excluding hydrogens is 212 g/mol. The van der Waals surface area contributed by atoms with Crippen LogP contribution < -0.4 is 5.73 Å². The number of halogens is 1. The predicted octanol–water partition coefficient (Wildman–Crippen LogP) is 1.97. The van der Waals surface area contributed by atoms with Crippen LogP contribution in [-0.4, -0.2) is 16.2 Å². The quantitative estimate of drug-likeness (QED) is 0.733. The Morgan fingerprint density at radius 3 is 2.73 bits per heavy atom. The molecular formula is C11H15ClN2O. The van der Waals surface area contributed by atoms with Crippen LogP contribution in [-0.2, 0) is 0 Å². The first-order valence-corrected chi connectivity index (χ1v) is 4.70. The monoisotopic (exact) mass is 226 g/mol. The van der Waals surface area contributed by atoms with Crippen molar-refractivity contribution in [2.24, 2.45) is 5.73 Å². The molecule has 0 aliphatic rings. The highest BCUT2D eigenvalue weighted by Crippen LogP contribution is 2.23. The maximum absolute atomic E-state index is 9.44. The molecule has 2 aromatic rings. The van der Waals surface area contributed by atoms with Crippen LogP contribution in [0.3, 0.4) is 0 Å². The lowest BCUT2D eigenvalue weighted by Crippen LogP contribution is -2.23. The van der Waals surface area contributed by atoms with E-state index in [2.05, 4.69) is 4.98 Å². The molecule has 0 spiro atoms. The van der Waals surface area contributed by atoms with E-state index in [4.69, 9.17) is 5.73 Å². The van der Waals surface area contributed by atoms with Gasteiger partial charge in [0.05, 0.1) is 12.1 Å². The molecule has 2 rings (SSSR count). The van der Waals surface area contributed by atoms with Crippen molar-refractivity contribution >= 4 is 23.3 Å². The Balaban J connectivity index is 0.00000112. The highest BCUT2D eigenvalue weighted by molar-refractivity contribution is 5.85. The summed E-state index contributed by atoms with van der Waals surface area (Å²) in [6.45, 7) is 1.70. The van der Waals surface area contributed by atoms with Crippen LogP contribution >= 0.6 is 12.4 Å². The van der Waals surface area contributed by atoms with Crippen molar-refractivity contribution in [3.8, 4) is 0 Å². The first kappa shape index (κ1) is 12.0. The van der Waals surface area contributed by atoms with E-state index in [1.807, 2.05) is 30.5 Å². The van der Waals surface area contributed by atoms with Gasteiger partial charge < -0.3 is 15.8 Å². The standard InChI is InChI=1S/C11H14N2O.ClH/c1-7(14)11(12)9-3-2-4-10-8(9)5-6-13-10;/h2-7,11,13-14H,12H2,1H3;1H/t7-,11-;/m0./s1. The van der Waals surface area contributed by atoms with E-state index in [1.54, 1.807) is 6.92 Å². The SMILES string of the molecule is C[C@H](O)[C@H](N)c1cccc2[nH]ccc12.Cl. The van der Waals surface area contributed by atoms with Gasteiger partial charge in [-0.05, 0) is 24.6 Å². The van der Waals surface area contributed by atoms with Gasteiger partial charge in [-0.3, -0.25) is 0 Å². The molecule has 4 heteroatoms. The molecule has 0 unspecified atom stereocenters. The average Bonchev–Trinajstić information content (AvgIpc) is 2.63. The van der Waals surface area contributed by atoms with Crippen molar-refractivity contribution in [2.75, 3.05) is 0 Å². The van der Waals surface area contributed by atoms with Gasteiger partial charge in [0.15, 0.2) is 0 Å². The van der Waals surface area contributed by atoms with Gasteiger partial charge >= 0.3 is 0 Å². The van der Waals surface area contributed by atoms with Crippen LogP contribution in [0.5, 0.6) is 0 Å². The number of rotatable bonds is 2. The third-order valence-corrected chi connectivity index (χ3v) is 2.51. The van der Waals surface area contributed by atoms with Crippen molar-refractivity contribution in [3.63, 3.8) is 0 Å². The Bertz CT molecular complexity index is 439. The summed E-state index contributed by atoms with van der Waals surface area (Å²) in [6, 6.07) is 7.54. The zero-order valence-corrected chi connectivity index (χ0v) is 9.29. The molecule has 1 heterocycles. The van der Waals surface area contributed by atoms with E-state index >= 15 is 0 Å². The third-order valence-electron chi connectivity index (χ3n) is 2.51. The van der Waals surface area contributed by atoms with Crippen molar-refractivity contribution in [1.29, 1.82) is 0 Å². The summed E-state index contributed by atoms with van der Waals surface area (Å²) < 4.78 is 0. The molecule has 0 amide bonds. The number of aliphatic hydroxyl groups is 1. The van der Waals surface area contributed by atoms with Gasteiger partial charge in [0.1, 0.15) is 0 Å². The number of fused-ring (bicyclic) bond motifs is 1. The fourth-order valence-electron chi connectivity index (χ4n) is 1.66. The number of H-pyrrole nitrogens is 1. The molecule has 82 valence electrons. The van der Waals surface area contributed by atoms with Gasteiger partial charge in [-0.15, -0.1) is 12.4 Å². The Hall–Kier alpha value is -1.03. The summed E-state index contributed by atoms with van der Waals surface area (Å²) in [6.07, 6.45) is 1.35. The number of hydrogen-bond acceptors (Lipinski definition) is 2. The van der Waals surface area contributed by atoms with E-state index < -0.39 is 6.10 Å². The van der Waals surface area contributed by atoms with Gasteiger partial charge in [-0.1, -0.05) is 12.1 Å². The molecule has 0 aliphatic carbocycles. The van der Waals surface area contributed by atoms with Crippen molar-refractivity contribution in [3.05, 3.63) is 36.0 Å². The lowest BCUT2D eigenvalue weighted by molar-refractivity contribution is 0.165. The van der Waals surface area contributed by atoms with Crippen LogP contribution in [0.15, 0.2) is 30.5 Å². The van der Waals surface area contributed by atoms with E-state index in [1.165, 1.54) is 0 Å². The Morgan fingerprint density at radius 2 is 2.07 bits per heavy atom. The summed E-state index contributed by atoms with van der Waals surface area (Å²) in [5.41, 5.74) is 7.94. The fourth-order valence-corrected chi connectivity index (χ4v) is 1.66. The first-order valence-electron chi connectivity index (χ1n) is 4.70. The van der Waals surface area contributed by atoms with Gasteiger partial charge in [0.2, 0.25) is 0 Å². The Morgan fingerprint density at radius 1 is 1.33 bits per heavy atom. The van der Waals surface area contributed by atoms with E-state index in [0.29, 0.717) is 0 Å². The smallest absolute Gasteiger partial charge is 0.0704 e. The van der Waals surface area contributed by atoms with Crippen molar-refractivity contribution in [2.45, 2.75) is 19.1 Å². The zero-order valence-electron chi connectivity index (χ0n) is 8.47. The Labute approximate surface area is 94.7 Å². The second kappa shape index (κ2) is 4.66. The second-order valence-corrected chi connectivity index (χ2v) is 3.55. The summed E-state index contributed by atoms with van der Waals surface area (Å²) in [5.74, 6) is 0. The summed E-state index contributed by atoms with van der Waals surface area (Å²) >= 11 is 0. The number of aliphatic hydroxyl groups excluding tert-OH is 1. The predicted molar refractivity (Wildman–Crippen MR) is 64.2 cm³/mol. The third kappa shape index (κ3) is 2.15. The average molecular weight is 227 g/mol. The van der Waals surface area contributed by atoms with E-state index in [-0.39, 0.29) is 18.4 Å². The van der Waals surface area contributed by atoms with Gasteiger partial charge in [0.25, 0.3) is 0 Å². The number of aromatic amines is 1. The highest BCUT2D eigenvalue weighted by Gasteiger charge is 2.14. The van der Waals surface area contributed by atoms with E-state index in [0.717, 1.165) is 16.5 Å². The number of hydrogen-bond donors (Lipinski definition) is 3. The zero-order chi connectivity index (χ0) is 10.1. The molecule has 1 aromatic heterocycles. The molecule has 3 nitrogen and oxygen atoms in total. The molecule has 0 fully saturated rings. The van der Waals surface area contributed by atoms with Gasteiger partial charge in [-0.25, -0.2) is 0 Å². The molecule has 0 bridgehead atoms. The van der Waals surface area contributed by atoms with Gasteiger partial charge in [0, 0.05) is 17.1 Å². The van der Waals surface area contributed by atoms with Crippen LogP contribution in [0.1, 0.15) is 18.5 Å². The number of aromatic nitrogens is 1. The summed E-state index contributed by atoms with van der Waals surface area (Å²) in [5, 5.41) is 10.5. The van der Waals surface area contributed by atoms with Crippen LogP contribution in [0, 0.1) is 0 Å². The normalized spacial score (nSPS) is 14.6. The molecule has 0 aliphatic heterocycles. The first-order chi connectivity index (χ1) is 6.70. The minimum atomic E-state index is -0.532. The number of benzene rings is 1. The molecule has 4 N–H and O–H groups in total. The second-order valence-electron chi connectivity index (χ2n) is 3.55. The fraction of sp³-hybridized carbons (Fsp3) is 0.273. The molecule has 1 aromatic carbocycles. The topological polar surface area (TPSA) is 62.0 Å². The Kier molecular flexibility index (Phi) is 3.74. The minimum Gasteiger partial charge on any atom is -0.391 e. The number of nitrogens with two attached hydrogens (primary N) is 1. The van der Waals surface area contributed by atoms with Crippen LogP contribution in [0.25, 0.3) is 10.9 Å². The van der Waals surface area contributed by atoms with Crippen molar-refractivity contribution in [1.82, 2.24) is 4.98 Å².